The van der Waals surface area contributed by atoms with Crippen LogP contribution in [0.15, 0.2) is 72.9 Å². The number of Topliss-reactive ketones (excluding diaryl/α,β-unsaturated/α-hetero) is 1. The summed E-state index contributed by atoms with van der Waals surface area (Å²) in [7, 11) is 1.33. The molecule has 1 aromatic heterocycles. The van der Waals surface area contributed by atoms with Gasteiger partial charge in [-0.1, -0.05) is 12.1 Å². The zero-order valence-corrected chi connectivity index (χ0v) is 27.6. The van der Waals surface area contributed by atoms with Gasteiger partial charge in [-0.15, -0.1) is 0 Å². The molecular formula is C38H37N3O8. The number of benzene rings is 3. The fourth-order valence-corrected chi connectivity index (χ4v) is 6.40. The highest BCUT2D eigenvalue weighted by atomic mass is 16.5. The van der Waals surface area contributed by atoms with Crippen LogP contribution in [0.1, 0.15) is 74.5 Å². The Morgan fingerprint density at radius 3 is 2.20 bits per heavy atom. The van der Waals surface area contributed by atoms with Gasteiger partial charge >= 0.3 is 5.97 Å². The molecule has 6 rings (SSSR count). The molecule has 0 saturated carbocycles. The van der Waals surface area contributed by atoms with E-state index in [-0.39, 0.29) is 18.1 Å². The summed E-state index contributed by atoms with van der Waals surface area (Å²) < 4.78 is 23.4. The van der Waals surface area contributed by atoms with E-state index < -0.39 is 17.5 Å². The number of hydrogen-bond donors (Lipinski definition) is 1. The van der Waals surface area contributed by atoms with Crippen LogP contribution in [0.5, 0.6) is 17.2 Å². The number of rotatable bonds is 9. The molecule has 1 spiro atoms. The number of amides is 2. The Balaban J connectivity index is 1.21. The van der Waals surface area contributed by atoms with Crippen LogP contribution in [0, 0.1) is 0 Å². The molecule has 3 aromatic carbocycles. The first-order valence-electron chi connectivity index (χ1n) is 16.2. The Kier molecular flexibility index (Phi) is 9.35. The molecule has 2 aliphatic rings. The normalized spacial score (nSPS) is 14.8. The van der Waals surface area contributed by atoms with E-state index in [1.165, 1.54) is 13.3 Å². The molecule has 11 nitrogen and oxygen atoms in total. The van der Waals surface area contributed by atoms with Crippen molar-refractivity contribution in [3.63, 3.8) is 0 Å². The van der Waals surface area contributed by atoms with Crippen molar-refractivity contribution in [2.45, 2.75) is 38.7 Å². The fraction of sp³-hybridized carbons (Fsp3) is 0.289. The minimum absolute atomic E-state index is 0.0359. The van der Waals surface area contributed by atoms with Gasteiger partial charge in [0.05, 0.1) is 54.7 Å². The number of carbonyl (C=O) groups is 4. The Bertz CT molecular complexity index is 1900. The third kappa shape index (κ3) is 6.69. The van der Waals surface area contributed by atoms with Crippen molar-refractivity contribution in [2.75, 3.05) is 33.4 Å². The third-order valence-electron chi connectivity index (χ3n) is 8.88. The molecule has 4 aromatic rings. The van der Waals surface area contributed by atoms with Crippen LogP contribution in [0.4, 0.5) is 0 Å². The zero-order chi connectivity index (χ0) is 34.7. The molecule has 252 valence electrons. The highest BCUT2D eigenvalue weighted by molar-refractivity contribution is 6.02. The lowest BCUT2D eigenvalue weighted by Crippen LogP contribution is -2.52. The van der Waals surface area contributed by atoms with E-state index in [0.717, 1.165) is 5.56 Å². The number of esters is 1. The van der Waals surface area contributed by atoms with Gasteiger partial charge < -0.3 is 29.6 Å². The first-order chi connectivity index (χ1) is 23.6. The lowest BCUT2D eigenvalue weighted by Gasteiger charge is -2.44. The molecular weight excluding hydrogens is 626 g/mol. The average Bonchev–Trinajstić information content (AvgIpc) is 3.11. The Hall–Kier alpha value is -5.71. The Labute approximate surface area is 283 Å². The molecule has 0 aliphatic carbocycles. The van der Waals surface area contributed by atoms with Gasteiger partial charge in [-0.3, -0.25) is 19.4 Å². The maximum absolute atomic E-state index is 13.9. The molecule has 3 heterocycles. The number of methoxy groups -OCH3 is 1. The van der Waals surface area contributed by atoms with Gasteiger partial charge in [-0.25, -0.2) is 4.79 Å². The predicted octanol–water partition coefficient (Wildman–Crippen LogP) is 5.74. The minimum Gasteiger partial charge on any atom is -0.493 e. The Morgan fingerprint density at radius 2 is 1.59 bits per heavy atom. The number of hydrogen-bond acceptors (Lipinski definition) is 9. The first-order valence-corrected chi connectivity index (χ1v) is 16.2. The zero-order valence-electron chi connectivity index (χ0n) is 27.6. The van der Waals surface area contributed by atoms with Crippen molar-refractivity contribution in [1.82, 2.24) is 9.88 Å². The van der Waals surface area contributed by atoms with Crippen molar-refractivity contribution in [3.05, 3.63) is 95.2 Å². The van der Waals surface area contributed by atoms with E-state index >= 15 is 0 Å². The Morgan fingerprint density at radius 1 is 0.878 bits per heavy atom. The van der Waals surface area contributed by atoms with E-state index in [1.54, 1.807) is 59.5 Å². The summed E-state index contributed by atoms with van der Waals surface area (Å²) in [4.78, 5) is 57.1. The topological polar surface area (TPSA) is 147 Å². The van der Waals surface area contributed by atoms with Gasteiger partial charge in [0.25, 0.3) is 5.91 Å². The monoisotopic (exact) mass is 663 g/mol. The number of nitrogens with two attached hydrogens (primary N) is 1. The molecule has 11 heteroatoms. The van der Waals surface area contributed by atoms with Gasteiger partial charge in [0.1, 0.15) is 22.8 Å². The van der Waals surface area contributed by atoms with Gasteiger partial charge in [-0.05, 0) is 74.0 Å². The van der Waals surface area contributed by atoms with Crippen LogP contribution in [0.2, 0.25) is 0 Å². The third-order valence-corrected chi connectivity index (χ3v) is 8.88. The number of primary amides is 1. The molecule has 2 amide bonds. The number of carbonyl (C=O) groups excluding carboxylic acids is 4. The highest BCUT2D eigenvalue weighted by Gasteiger charge is 2.44. The van der Waals surface area contributed by atoms with Crippen molar-refractivity contribution in [2.24, 2.45) is 5.73 Å². The summed E-state index contributed by atoms with van der Waals surface area (Å²) >= 11 is 0. The quantitative estimate of drug-likeness (QED) is 0.222. The maximum Gasteiger partial charge on any atom is 0.337 e. The average molecular weight is 664 g/mol. The smallest absolute Gasteiger partial charge is 0.337 e. The molecule has 0 radical (unpaired) electrons. The summed E-state index contributed by atoms with van der Waals surface area (Å²) in [6.07, 6.45) is 2.57. The first kappa shape index (κ1) is 33.2. The number of likely N-dealkylation sites (tertiary alicyclic amines) is 1. The second-order valence-corrected chi connectivity index (χ2v) is 12.0. The standard InChI is InChI=1S/C38H37N3O8/c1-4-47-32-19-27(20-33(48-5-2)34(32)24-7-6-8-25(17-24)37(45)46-3)36(44)41-15-13-38(14-16-41)21-30(42)28-18-23(10-12-31(28)49-38)29-11-9-26(22-40-29)35(39)43/h6-12,17-20,22H,4-5,13-16,21H2,1-3H3,(H2,39,43). The summed E-state index contributed by atoms with van der Waals surface area (Å²) in [5.74, 6) is 0.180. The maximum atomic E-state index is 13.9. The summed E-state index contributed by atoms with van der Waals surface area (Å²) in [6.45, 7) is 5.21. The molecule has 0 unspecified atom stereocenters. The number of nitrogens with zero attached hydrogens (tertiary/aromatic N) is 2. The summed E-state index contributed by atoms with van der Waals surface area (Å²) in [6, 6.07) is 19.1. The predicted molar refractivity (Wildman–Crippen MR) is 181 cm³/mol. The highest BCUT2D eigenvalue weighted by Crippen LogP contribution is 2.43. The molecule has 0 bridgehead atoms. The van der Waals surface area contributed by atoms with E-state index in [0.29, 0.717) is 95.5 Å². The second-order valence-electron chi connectivity index (χ2n) is 12.0. The summed E-state index contributed by atoms with van der Waals surface area (Å²) in [5.41, 5.74) is 8.84. The lowest BCUT2D eigenvalue weighted by atomic mass is 9.82. The van der Waals surface area contributed by atoms with Crippen LogP contribution in [0.25, 0.3) is 22.4 Å². The molecule has 1 fully saturated rings. The number of aromatic nitrogens is 1. The number of ketones is 1. The van der Waals surface area contributed by atoms with Crippen LogP contribution in [0.3, 0.4) is 0 Å². The van der Waals surface area contributed by atoms with Gasteiger partial charge in [0.2, 0.25) is 5.91 Å². The van der Waals surface area contributed by atoms with Gasteiger partial charge in [-0.2, -0.15) is 0 Å². The number of piperidine rings is 1. The molecule has 2 N–H and O–H groups in total. The fourth-order valence-electron chi connectivity index (χ4n) is 6.40. The number of pyridine rings is 1. The molecule has 1 saturated heterocycles. The van der Waals surface area contributed by atoms with Crippen molar-refractivity contribution < 1.29 is 38.1 Å². The molecule has 2 aliphatic heterocycles. The van der Waals surface area contributed by atoms with Gasteiger partial charge in [0.15, 0.2) is 5.78 Å². The number of ether oxygens (including phenoxy) is 4. The lowest BCUT2D eigenvalue weighted by molar-refractivity contribution is -0.00574. The van der Waals surface area contributed by atoms with Crippen LogP contribution >= 0.6 is 0 Å². The van der Waals surface area contributed by atoms with Crippen molar-refractivity contribution in [1.29, 1.82) is 0 Å². The van der Waals surface area contributed by atoms with Crippen molar-refractivity contribution in [3.8, 4) is 39.6 Å². The SMILES string of the molecule is CCOc1cc(C(=O)N2CCC3(CC2)CC(=O)c2cc(-c4ccc(C(N)=O)cn4)ccc2O3)cc(OCC)c1-c1cccc(C(=O)OC)c1. The van der Waals surface area contributed by atoms with Crippen molar-refractivity contribution >= 4 is 23.6 Å². The largest absolute Gasteiger partial charge is 0.493 e. The van der Waals surface area contributed by atoms with E-state index in [1.807, 2.05) is 26.0 Å². The van der Waals surface area contributed by atoms with Crippen LogP contribution in [-0.2, 0) is 4.74 Å². The van der Waals surface area contributed by atoms with E-state index in [9.17, 15) is 19.2 Å². The second kappa shape index (κ2) is 13.8. The van der Waals surface area contributed by atoms with Crippen LogP contribution < -0.4 is 19.9 Å². The number of fused-ring (bicyclic) bond motifs is 1. The minimum atomic E-state index is -0.717. The molecule has 0 atom stereocenters. The van der Waals surface area contributed by atoms with E-state index in [2.05, 4.69) is 4.98 Å². The van der Waals surface area contributed by atoms with E-state index in [4.69, 9.17) is 24.7 Å². The molecule has 49 heavy (non-hydrogen) atoms. The van der Waals surface area contributed by atoms with Gasteiger partial charge in [0, 0.05) is 43.3 Å². The van der Waals surface area contributed by atoms with Crippen LogP contribution in [-0.4, -0.2) is 72.5 Å². The summed E-state index contributed by atoms with van der Waals surface area (Å²) in [5, 5.41) is 0.